The van der Waals surface area contributed by atoms with Gasteiger partial charge in [-0.05, 0) is 55.6 Å². The minimum absolute atomic E-state index is 0.769. The fraction of sp³-hybridized carbons (Fsp3) is 0.458. The summed E-state index contributed by atoms with van der Waals surface area (Å²) in [6.45, 7) is 7.02. The third kappa shape index (κ3) is 3.71. The molecular formula is C24H30N4. The third-order valence-corrected chi connectivity index (χ3v) is 6.53. The van der Waals surface area contributed by atoms with Gasteiger partial charge in [0.2, 0.25) is 0 Å². The van der Waals surface area contributed by atoms with Crippen LogP contribution < -0.4 is 0 Å². The summed E-state index contributed by atoms with van der Waals surface area (Å²) in [5, 5.41) is 0. The Labute approximate surface area is 167 Å². The molecule has 0 radical (unpaired) electrons. The van der Waals surface area contributed by atoms with E-state index in [0.717, 1.165) is 24.6 Å². The molecule has 4 nitrogen and oxygen atoms in total. The van der Waals surface area contributed by atoms with E-state index in [2.05, 4.69) is 67.9 Å². The maximum Gasteiger partial charge on any atom is 0.0961 e. The summed E-state index contributed by atoms with van der Waals surface area (Å²) in [7, 11) is 0. The number of hydrogen-bond acceptors (Lipinski definition) is 3. The smallest absolute Gasteiger partial charge is 0.0961 e. The van der Waals surface area contributed by atoms with E-state index in [9.17, 15) is 0 Å². The topological polar surface area (TPSA) is 24.3 Å². The molecule has 2 aliphatic rings. The molecule has 2 saturated heterocycles. The number of rotatable bonds is 5. The lowest BCUT2D eigenvalue weighted by molar-refractivity contribution is 0.161. The molecule has 3 aromatic rings. The lowest BCUT2D eigenvalue weighted by atomic mass is 10.1. The minimum atomic E-state index is 0.769. The van der Waals surface area contributed by atoms with Crippen LogP contribution in [0.2, 0.25) is 0 Å². The van der Waals surface area contributed by atoms with Gasteiger partial charge in [-0.2, -0.15) is 0 Å². The van der Waals surface area contributed by atoms with E-state index < -0.39 is 0 Å². The molecule has 0 saturated carbocycles. The van der Waals surface area contributed by atoms with Gasteiger partial charge in [-0.3, -0.25) is 9.80 Å². The van der Waals surface area contributed by atoms with Gasteiger partial charge < -0.3 is 4.57 Å². The predicted molar refractivity (Wildman–Crippen MR) is 114 cm³/mol. The summed E-state index contributed by atoms with van der Waals surface area (Å²) < 4.78 is 2.27. The Morgan fingerprint density at radius 2 is 1.57 bits per heavy atom. The quantitative estimate of drug-likeness (QED) is 0.671. The van der Waals surface area contributed by atoms with E-state index in [-0.39, 0.29) is 0 Å². The van der Waals surface area contributed by atoms with Crippen LogP contribution in [0.3, 0.4) is 0 Å². The second-order valence-corrected chi connectivity index (χ2v) is 8.40. The average molecular weight is 375 g/mol. The zero-order valence-corrected chi connectivity index (χ0v) is 16.6. The van der Waals surface area contributed by atoms with Crippen LogP contribution in [0.4, 0.5) is 0 Å². The van der Waals surface area contributed by atoms with Gasteiger partial charge in [0.05, 0.1) is 17.4 Å². The SMILES string of the molecule is c1ccc(Cn2cnc3ccccc32)c(CN2CCC(N3CCCCC3)C2)c1. The van der Waals surface area contributed by atoms with Crippen LogP contribution in [0.1, 0.15) is 36.8 Å². The highest BCUT2D eigenvalue weighted by Gasteiger charge is 2.28. The summed E-state index contributed by atoms with van der Waals surface area (Å²) in [6.07, 6.45) is 7.50. The van der Waals surface area contributed by atoms with Crippen molar-refractivity contribution in [2.45, 2.75) is 44.8 Å². The van der Waals surface area contributed by atoms with Gasteiger partial charge in [-0.15, -0.1) is 0 Å². The number of piperidine rings is 1. The zero-order chi connectivity index (χ0) is 18.8. The van der Waals surface area contributed by atoms with E-state index in [1.54, 1.807) is 0 Å². The Morgan fingerprint density at radius 1 is 0.821 bits per heavy atom. The van der Waals surface area contributed by atoms with Gasteiger partial charge in [0.15, 0.2) is 0 Å². The van der Waals surface area contributed by atoms with Gasteiger partial charge in [0.25, 0.3) is 0 Å². The summed E-state index contributed by atoms with van der Waals surface area (Å²) in [5.41, 5.74) is 5.15. The Kier molecular flexibility index (Phi) is 5.15. The van der Waals surface area contributed by atoms with Gasteiger partial charge in [0.1, 0.15) is 0 Å². The van der Waals surface area contributed by atoms with Crippen LogP contribution in [0.25, 0.3) is 11.0 Å². The van der Waals surface area contributed by atoms with E-state index in [4.69, 9.17) is 0 Å². The predicted octanol–water partition coefficient (Wildman–Crippen LogP) is 4.14. The van der Waals surface area contributed by atoms with Crippen molar-refractivity contribution >= 4 is 11.0 Å². The highest BCUT2D eigenvalue weighted by Crippen LogP contribution is 2.23. The fourth-order valence-corrected chi connectivity index (χ4v) is 4.96. The maximum atomic E-state index is 4.56. The second kappa shape index (κ2) is 8.06. The lowest BCUT2D eigenvalue weighted by Crippen LogP contribution is -2.40. The van der Waals surface area contributed by atoms with Crippen LogP contribution >= 0.6 is 0 Å². The first-order valence-corrected chi connectivity index (χ1v) is 10.8. The normalized spacial score (nSPS) is 21.5. The van der Waals surface area contributed by atoms with E-state index in [1.165, 1.54) is 68.5 Å². The van der Waals surface area contributed by atoms with Crippen molar-refractivity contribution in [3.8, 4) is 0 Å². The first kappa shape index (κ1) is 17.9. The Hall–Kier alpha value is -2.17. The van der Waals surface area contributed by atoms with Crippen LogP contribution in [-0.2, 0) is 13.1 Å². The molecule has 5 rings (SSSR count). The Balaban J connectivity index is 1.29. The molecule has 0 amide bonds. The van der Waals surface area contributed by atoms with Crippen molar-refractivity contribution in [3.05, 3.63) is 66.0 Å². The van der Waals surface area contributed by atoms with Crippen molar-refractivity contribution in [1.29, 1.82) is 0 Å². The maximum absolute atomic E-state index is 4.56. The average Bonchev–Trinajstić information content (AvgIpc) is 3.38. The molecule has 4 heteroatoms. The molecule has 1 aromatic heterocycles. The van der Waals surface area contributed by atoms with Crippen molar-refractivity contribution in [3.63, 3.8) is 0 Å². The Morgan fingerprint density at radius 3 is 2.43 bits per heavy atom. The monoisotopic (exact) mass is 374 g/mol. The van der Waals surface area contributed by atoms with E-state index in [0.29, 0.717) is 0 Å². The lowest BCUT2D eigenvalue weighted by Gasteiger charge is -2.32. The van der Waals surface area contributed by atoms with Crippen molar-refractivity contribution in [2.24, 2.45) is 0 Å². The summed E-state index contributed by atoms with van der Waals surface area (Å²) >= 11 is 0. The first-order valence-electron chi connectivity index (χ1n) is 10.8. The standard InChI is InChI=1S/C24H30N4/c1-6-13-27(14-7-1)22-12-15-26(18-22)16-20-8-2-3-9-21(20)17-28-19-25-23-10-4-5-11-24(23)28/h2-5,8-11,19,22H,1,6-7,12-18H2. The number of aromatic nitrogens is 2. The highest BCUT2D eigenvalue weighted by atomic mass is 15.3. The molecule has 1 unspecified atom stereocenters. The molecule has 146 valence electrons. The largest absolute Gasteiger partial charge is 0.326 e. The molecule has 3 heterocycles. The van der Waals surface area contributed by atoms with E-state index in [1.807, 2.05) is 6.33 Å². The molecule has 2 aliphatic heterocycles. The summed E-state index contributed by atoms with van der Waals surface area (Å²) in [4.78, 5) is 9.96. The van der Waals surface area contributed by atoms with Gasteiger partial charge in [-0.1, -0.05) is 42.8 Å². The van der Waals surface area contributed by atoms with Gasteiger partial charge in [-0.25, -0.2) is 4.98 Å². The molecule has 0 N–H and O–H groups in total. The fourth-order valence-electron chi connectivity index (χ4n) is 4.96. The zero-order valence-electron chi connectivity index (χ0n) is 16.6. The molecule has 2 fully saturated rings. The van der Waals surface area contributed by atoms with Crippen LogP contribution in [-0.4, -0.2) is 51.6 Å². The molecular weight excluding hydrogens is 344 g/mol. The molecule has 0 spiro atoms. The number of hydrogen-bond donors (Lipinski definition) is 0. The van der Waals surface area contributed by atoms with Crippen LogP contribution in [0.15, 0.2) is 54.9 Å². The van der Waals surface area contributed by atoms with Crippen molar-refractivity contribution in [1.82, 2.24) is 19.4 Å². The molecule has 1 atom stereocenters. The number of fused-ring (bicyclic) bond motifs is 1. The Bertz CT molecular complexity index is 925. The molecule has 0 bridgehead atoms. The second-order valence-electron chi connectivity index (χ2n) is 8.40. The van der Waals surface area contributed by atoms with Crippen molar-refractivity contribution < 1.29 is 0 Å². The molecule has 0 aliphatic carbocycles. The number of likely N-dealkylation sites (tertiary alicyclic amines) is 2. The third-order valence-electron chi connectivity index (χ3n) is 6.53. The number of para-hydroxylation sites is 2. The van der Waals surface area contributed by atoms with E-state index >= 15 is 0 Å². The summed E-state index contributed by atoms with van der Waals surface area (Å²) in [5.74, 6) is 0. The van der Waals surface area contributed by atoms with Crippen LogP contribution in [0.5, 0.6) is 0 Å². The first-order chi connectivity index (χ1) is 13.9. The number of imidazole rings is 1. The highest BCUT2D eigenvalue weighted by molar-refractivity contribution is 5.75. The number of nitrogens with zero attached hydrogens (tertiary/aromatic N) is 4. The van der Waals surface area contributed by atoms with Crippen LogP contribution in [0, 0.1) is 0 Å². The number of benzene rings is 2. The van der Waals surface area contributed by atoms with Gasteiger partial charge >= 0.3 is 0 Å². The molecule has 28 heavy (non-hydrogen) atoms. The minimum Gasteiger partial charge on any atom is -0.326 e. The summed E-state index contributed by atoms with van der Waals surface area (Å²) in [6, 6.07) is 18.1. The van der Waals surface area contributed by atoms with Gasteiger partial charge in [0, 0.05) is 32.2 Å². The van der Waals surface area contributed by atoms with Crippen molar-refractivity contribution in [2.75, 3.05) is 26.2 Å². The molecule has 2 aromatic carbocycles.